The van der Waals surface area contributed by atoms with Gasteiger partial charge >= 0.3 is 5.97 Å². The van der Waals surface area contributed by atoms with Crippen molar-refractivity contribution in [1.82, 2.24) is 0 Å². The highest BCUT2D eigenvalue weighted by molar-refractivity contribution is 5.68. The molecule has 1 unspecified atom stereocenters. The molecule has 0 amide bonds. The van der Waals surface area contributed by atoms with E-state index < -0.39 is 0 Å². The van der Waals surface area contributed by atoms with Crippen LogP contribution in [0.5, 0.6) is 0 Å². The number of hydrogen-bond acceptors (Lipinski definition) is 3. The summed E-state index contributed by atoms with van der Waals surface area (Å²) >= 11 is 0. The van der Waals surface area contributed by atoms with Gasteiger partial charge in [0, 0.05) is 12.3 Å². The second-order valence-electron chi connectivity index (χ2n) is 7.04. The first-order valence-electron chi connectivity index (χ1n) is 10.3. The summed E-state index contributed by atoms with van der Waals surface area (Å²) in [6, 6.07) is 0. The van der Waals surface area contributed by atoms with E-state index in [0.717, 1.165) is 32.1 Å². The number of methoxy groups -OCH3 is 1. The van der Waals surface area contributed by atoms with Gasteiger partial charge in [-0.2, -0.15) is 0 Å². The molecule has 3 nitrogen and oxygen atoms in total. The average molecular weight is 341 g/mol. The Morgan fingerprint density at radius 2 is 1.25 bits per heavy atom. The summed E-state index contributed by atoms with van der Waals surface area (Å²) in [5.74, 6) is 0.175. The SMILES string of the molecule is CCCCCCCCCC(C=O)CCCCCCCCC(=O)OC. The molecule has 0 aromatic carbocycles. The highest BCUT2D eigenvalue weighted by atomic mass is 16.5. The summed E-state index contributed by atoms with van der Waals surface area (Å²) in [5.41, 5.74) is 0. The van der Waals surface area contributed by atoms with Crippen LogP contribution in [0, 0.1) is 5.92 Å². The maximum absolute atomic E-state index is 11.2. The van der Waals surface area contributed by atoms with Crippen molar-refractivity contribution in [2.75, 3.05) is 7.11 Å². The Morgan fingerprint density at radius 1 is 0.792 bits per heavy atom. The van der Waals surface area contributed by atoms with E-state index in [4.69, 9.17) is 0 Å². The Kier molecular flexibility index (Phi) is 17.8. The predicted octanol–water partition coefficient (Wildman–Crippen LogP) is 6.24. The van der Waals surface area contributed by atoms with Gasteiger partial charge in [-0.25, -0.2) is 0 Å². The van der Waals surface area contributed by atoms with E-state index in [1.54, 1.807) is 0 Å². The number of unbranched alkanes of at least 4 members (excludes halogenated alkanes) is 11. The number of carbonyl (C=O) groups is 2. The van der Waals surface area contributed by atoms with E-state index in [1.807, 2.05) is 0 Å². The average Bonchev–Trinajstić information content (AvgIpc) is 2.60. The number of rotatable bonds is 18. The Bertz CT molecular complexity index is 289. The summed E-state index contributed by atoms with van der Waals surface area (Å²) in [4.78, 5) is 22.1. The zero-order chi connectivity index (χ0) is 17.9. The number of hydrogen-bond donors (Lipinski definition) is 0. The second-order valence-corrected chi connectivity index (χ2v) is 7.04. The van der Waals surface area contributed by atoms with Crippen LogP contribution in [0.4, 0.5) is 0 Å². The molecule has 0 N–H and O–H groups in total. The van der Waals surface area contributed by atoms with Crippen molar-refractivity contribution in [1.29, 1.82) is 0 Å². The molecule has 0 rings (SSSR count). The van der Waals surface area contributed by atoms with E-state index in [2.05, 4.69) is 11.7 Å². The molecule has 142 valence electrons. The van der Waals surface area contributed by atoms with Crippen LogP contribution in [-0.2, 0) is 14.3 Å². The smallest absolute Gasteiger partial charge is 0.305 e. The van der Waals surface area contributed by atoms with Gasteiger partial charge in [0.05, 0.1) is 7.11 Å². The maximum Gasteiger partial charge on any atom is 0.305 e. The van der Waals surface area contributed by atoms with E-state index in [1.165, 1.54) is 77.6 Å². The molecule has 0 spiro atoms. The lowest BCUT2D eigenvalue weighted by Gasteiger charge is -2.10. The first-order valence-corrected chi connectivity index (χ1v) is 10.3. The molecule has 24 heavy (non-hydrogen) atoms. The Labute approximate surface area is 149 Å². The molecule has 0 aromatic heterocycles. The van der Waals surface area contributed by atoms with Crippen LogP contribution in [0.1, 0.15) is 110 Å². The molecular weight excluding hydrogens is 300 g/mol. The first-order chi connectivity index (χ1) is 11.7. The molecule has 0 fully saturated rings. The fourth-order valence-corrected chi connectivity index (χ4v) is 3.13. The summed E-state index contributed by atoms with van der Waals surface area (Å²) in [6.45, 7) is 2.25. The largest absolute Gasteiger partial charge is 0.469 e. The van der Waals surface area contributed by atoms with Gasteiger partial charge in [0.25, 0.3) is 0 Å². The van der Waals surface area contributed by atoms with Crippen LogP contribution >= 0.6 is 0 Å². The molecule has 0 aliphatic rings. The maximum atomic E-state index is 11.2. The van der Waals surface area contributed by atoms with Crippen molar-refractivity contribution >= 4 is 12.3 Å². The molecule has 0 saturated heterocycles. The number of carbonyl (C=O) groups excluding carboxylic acids is 2. The van der Waals surface area contributed by atoms with Crippen molar-refractivity contribution < 1.29 is 14.3 Å². The van der Waals surface area contributed by atoms with E-state index >= 15 is 0 Å². The molecular formula is C21H40O3. The highest BCUT2D eigenvalue weighted by Gasteiger charge is 2.07. The van der Waals surface area contributed by atoms with Crippen molar-refractivity contribution in [3.63, 3.8) is 0 Å². The minimum absolute atomic E-state index is 0.103. The van der Waals surface area contributed by atoms with Crippen LogP contribution in [0.3, 0.4) is 0 Å². The molecule has 0 aliphatic carbocycles. The summed E-state index contributed by atoms with van der Waals surface area (Å²) in [5, 5.41) is 0. The minimum Gasteiger partial charge on any atom is -0.469 e. The van der Waals surface area contributed by atoms with Crippen molar-refractivity contribution in [2.45, 2.75) is 110 Å². The standard InChI is InChI=1S/C21H40O3/c1-3-4-5-6-7-10-13-16-20(19-22)17-14-11-8-9-12-15-18-21(23)24-2/h19-20H,3-18H2,1-2H3. The third kappa shape index (κ3) is 16.0. The molecule has 1 atom stereocenters. The van der Waals surface area contributed by atoms with Crippen molar-refractivity contribution in [2.24, 2.45) is 5.92 Å². The zero-order valence-electron chi connectivity index (χ0n) is 16.2. The number of aldehydes is 1. The Balaban J connectivity index is 3.36. The summed E-state index contributed by atoms with van der Waals surface area (Å²) < 4.78 is 4.63. The second kappa shape index (κ2) is 18.5. The fraction of sp³-hybridized carbons (Fsp3) is 0.905. The van der Waals surface area contributed by atoms with Crippen LogP contribution in [0.15, 0.2) is 0 Å². The quantitative estimate of drug-likeness (QED) is 0.169. The van der Waals surface area contributed by atoms with Crippen molar-refractivity contribution in [3.8, 4) is 0 Å². The zero-order valence-corrected chi connectivity index (χ0v) is 16.2. The van der Waals surface area contributed by atoms with Crippen LogP contribution < -0.4 is 0 Å². The van der Waals surface area contributed by atoms with Gasteiger partial charge in [0.2, 0.25) is 0 Å². The highest BCUT2D eigenvalue weighted by Crippen LogP contribution is 2.18. The van der Waals surface area contributed by atoms with Crippen LogP contribution in [0.25, 0.3) is 0 Å². The van der Waals surface area contributed by atoms with Gasteiger partial charge in [-0.3, -0.25) is 4.79 Å². The third-order valence-electron chi connectivity index (χ3n) is 4.80. The topological polar surface area (TPSA) is 43.4 Å². The molecule has 0 aliphatic heterocycles. The Morgan fingerprint density at radius 3 is 1.71 bits per heavy atom. The fourth-order valence-electron chi connectivity index (χ4n) is 3.13. The van der Waals surface area contributed by atoms with Gasteiger partial charge in [0.1, 0.15) is 6.29 Å². The molecule has 0 saturated carbocycles. The van der Waals surface area contributed by atoms with Crippen LogP contribution in [0.2, 0.25) is 0 Å². The van der Waals surface area contributed by atoms with Crippen molar-refractivity contribution in [3.05, 3.63) is 0 Å². The summed E-state index contributed by atoms with van der Waals surface area (Å²) in [7, 11) is 1.44. The van der Waals surface area contributed by atoms with E-state index in [9.17, 15) is 9.59 Å². The van der Waals surface area contributed by atoms with Gasteiger partial charge in [-0.05, 0) is 19.3 Å². The summed E-state index contributed by atoms with van der Waals surface area (Å²) in [6.07, 6.45) is 19.9. The lowest BCUT2D eigenvalue weighted by Crippen LogP contribution is -2.02. The van der Waals surface area contributed by atoms with E-state index in [-0.39, 0.29) is 11.9 Å². The molecule has 0 aromatic rings. The first kappa shape index (κ1) is 23.1. The minimum atomic E-state index is -0.103. The lowest BCUT2D eigenvalue weighted by molar-refractivity contribution is -0.140. The molecule has 0 heterocycles. The van der Waals surface area contributed by atoms with Crippen LogP contribution in [-0.4, -0.2) is 19.4 Å². The van der Waals surface area contributed by atoms with Gasteiger partial charge in [-0.1, -0.05) is 84.0 Å². The number of esters is 1. The predicted molar refractivity (Wildman–Crippen MR) is 101 cm³/mol. The monoisotopic (exact) mass is 340 g/mol. The normalized spacial score (nSPS) is 12.1. The molecule has 0 bridgehead atoms. The Hall–Kier alpha value is -0.860. The molecule has 0 radical (unpaired) electrons. The molecule has 3 heteroatoms. The van der Waals surface area contributed by atoms with E-state index in [0.29, 0.717) is 6.42 Å². The number of ether oxygens (including phenoxy) is 1. The van der Waals surface area contributed by atoms with Gasteiger partial charge in [-0.15, -0.1) is 0 Å². The lowest BCUT2D eigenvalue weighted by atomic mass is 9.95. The third-order valence-corrected chi connectivity index (χ3v) is 4.80. The van der Waals surface area contributed by atoms with Gasteiger partial charge < -0.3 is 9.53 Å². The van der Waals surface area contributed by atoms with Gasteiger partial charge in [0.15, 0.2) is 0 Å².